The quantitative estimate of drug-likeness (QED) is 0.601. The van der Waals surface area contributed by atoms with Crippen LogP contribution in [0, 0.1) is 0 Å². The molecular formula is C20H26N2O4. The number of carbonyl (C=O) groups excluding carboxylic acids is 1. The van der Waals surface area contributed by atoms with Crippen molar-refractivity contribution in [2.75, 3.05) is 44.1 Å². The van der Waals surface area contributed by atoms with Gasteiger partial charge in [-0.3, -0.25) is 4.79 Å². The van der Waals surface area contributed by atoms with Crippen LogP contribution in [0.5, 0.6) is 11.5 Å². The number of carbonyl (C=O) groups is 1. The summed E-state index contributed by atoms with van der Waals surface area (Å²) in [6.07, 6.45) is 0.941. The number of amides is 1. The second-order valence-corrected chi connectivity index (χ2v) is 5.64. The van der Waals surface area contributed by atoms with Gasteiger partial charge in [-0.1, -0.05) is 13.0 Å². The first-order valence-corrected chi connectivity index (χ1v) is 8.69. The molecule has 26 heavy (non-hydrogen) atoms. The number of benzene rings is 2. The Labute approximate surface area is 154 Å². The Morgan fingerprint density at radius 3 is 2.42 bits per heavy atom. The van der Waals surface area contributed by atoms with Crippen molar-refractivity contribution in [2.45, 2.75) is 13.3 Å². The van der Waals surface area contributed by atoms with Crippen molar-refractivity contribution in [3.8, 4) is 11.5 Å². The molecule has 0 bridgehead atoms. The first-order valence-electron chi connectivity index (χ1n) is 8.69. The van der Waals surface area contributed by atoms with Crippen LogP contribution >= 0.6 is 0 Å². The van der Waals surface area contributed by atoms with Crippen molar-refractivity contribution in [3.05, 3.63) is 48.5 Å². The van der Waals surface area contributed by atoms with E-state index in [4.69, 9.17) is 14.2 Å². The second-order valence-electron chi connectivity index (χ2n) is 5.64. The molecule has 0 saturated carbocycles. The fourth-order valence-electron chi connectivity index (χ4n) is 2.18. The fraction of sp³-hybridized carbons (Fsp3) is 0.350. The van der Waals surface area contributed by atoms with Gasteiger partial charge in [0.05, 0.1) is 19.8 Å². The Hall–Kier alpha value is -2.73. The number of rotatable bonds is 11. The number of hydrogen-bond donors (Lipinski definition) is 2. The van der Waals surface area contributed by atoms with Gasteiger partial charge in [0, 0.05) is 24.6 Å². The molecule has 2 aromatic carbocycles. The Kier molecular flexibility index (Phi) is 8.29. The molecule has 6 heteroatoms. The fourth-order valence-corrected chi connectivity index (χ4v) is 2.18. The average molecular weight is 358 g/mol. The molecule has 2 rings (SSSR count). The van der Waals surface area contributed by atoms with E-state index in [1.54, 1.807) is 7.11 Å². The molecule has 0 spiro atoms. The van der Waals surface area contributed by atoms with Gasteiger partial charge in [0.2, 0.25) is 5.91 Å². The van der Waals surface area contributed by atoms with Crippen molar-refractivity contribution in [1.82, 2.24) is 0 Å². The molecular weight excluding hydrogens is 332 g/mol. The monoisotopic (exact) mass is 358 g/mol. The summed E-state index contributed by atoms with van der Waals surface area (Å²) in [5, 5.41) is 5.94. The maximum absolute atomic E-state index is 12.1. The minimum atomic E-state index is -0.127. The lowest BCUT2D eigenvalue weighted by Crippen LogP contribution is -2.21. The summed E-state index contributed by atoms with van der Waals surface area (Å²) >= 11 is 0. The van der Waals surface area contributed by atoms with E-state index in [-0.39, 0.29) is 12.5 Å². The number of ether oxygens (including phenoxy) is 3. The minimum absolute atomic E-state index is 0.127. The molecule has 0 aliphatic heterocycles. The summed E-state index contributed by atoms with van der Waals surface area (Å²) in [4.78, 5) is 12.1. The molecule has 0 fully saturated rings. The molecule has 0 aliphatic carbocycles. The SMILES string of the molecule is CCCOc1cccc(NC(=O)CNc2ccc(OCCOC)cc2)c1. The highest BCUT2D eigenvalue weighted by Crippen LogP contribution is 2.18. The normalized spacial score (nSPS) is 10.2. The lowest BCUT2D eigenvalue weighted by molar-refractivity contribution is -0.114. The van der Waals surface area contributed by atoms with Crippen LogP contribution in [-0.4, -0.2) is 39.4 Å². The van der Waals surface area contributed by atoms with Gasteiger partial charge in [0.1, 0.15) is 18.1 Å². The van der Waals surface area contributed by atoms with Gasteiger partial charge in [0.25, 0.3) is 0 Å². The number of hydrogen-bond acceptors (Lipinski definition) is 5. The molecule has 6 nitrogen and oxygen atoms in total. The molecule has 0 saturated heterocycles. The van der Waals surface area contributed by atoms with E-state index in [1.807, 2.05) is 48.5 Å². The highest BCUT2D eigenvalue weighted by Gasteiger charge is 2.04. The minimum Gasteiger partial charge on any atom is -0.494 e. The summed E-state index contributed by atoms with van der Waals surface area (Å²) in [5.41, 5.74) is 1.56. The largest absolute Gasteiger partial charge is 0.494 e. The van der Waals surface area contributed by atoms with Crippen molar-refractivity contribution >= 4 is 17.3 Å². The Morgan fingerprint density at radius 2 is 1.69 bits per heavy atom. The van der Waals surface area contributed by atoms with E-state index in [2.05, 4.69) is 17.6 Å². The molecule has 0 aliphatic rings. The van der Waals surface area contributed by atoms with E-state index < -0.39 is 0 Å². The maximum Gasteiger partial charge on any atom is 0.243 e. The van der Waals surface area contributed by atoms with Crippen LogP contribution in [0.3, 0.4) is 0 Å². The molecule has 0 aromatic heterocycles. The maximum atomic E-state index is 12.1. The lowest BCUT2D eigenvalue weighted by atomic mass is 10.3. The molecule has 2 N–H and O–H groups in total. The van der Waals surface area contributed by atoms with Crippen molar-refractivity contribution in [1.29, 1.82) is 0 Å². The van der Waals surface area contributed by atoms with E-state index in [0.717, 1.165) is 23.6 Å². The van der Waals surface area contributed by atoms with E-state index >= 15 is 0 Å². The van der Waals surface area contributed by atoms with Crippen LogP contribution in [0.4, 0.5) is 11.4 Å². The molecule has 0 radical (unpaired) electrons. The predicted molar refractivity (Wildman–Crippen MR) is 103 cm³/mol. The summed E-state index contributed by atoms with van der Waals surface area (Å²) in [6, 6.07) is 14.8. The second kappa shape index (κ2) is 11.0. The third-order valence-corrected chi connectivity index (χ3v) is 3.45. The Morgan fingerprint density at radius 1 is 0.923 bits per heavy atom. The van der Waals surface area contributed by atoms with Crippen LogP contribution in [0.15, 0.2) is 48.5 Å². The highest BCUT2D eigenvalue weighted by molar-refractivity contribution is 5.93. The van der Waals surface area contributed by atoms with Crippen molar-refractivity contribution in [2.24, 2.45) is 0 Å². The topological polar surface area (TPSA) is 68.8 Å². The molecule has 2 aromatic rings. The summed E-state index contributed by atoms with van der Waals surface area (Å²) in [5.74, 6) is 1.39. The van der Waals surface area contributed by atoms with Gasteiger partial charge < -0.3 is 24.8 Å². The van der Waals surface area contributed by atoms with E-state index in [0.29, 0.717) is 25.5 Å². The number of nitrogens with one attached hydrogen (secondary N) is 2. The van der Waals surface area contributed by atoms with Crippen molar-refractivity contribution in [3.63, 3.8) is 0 Å². The van der Waals surface area contributed by atoms with Crippen LogP contribution in [-0.2, 0) is 9.53 Å². The number of methoxy groups -OCH3 is 1. The summed E-state index contributed by atoms with van der Waals surface area (Å²) < 4.78 is 16.0. The average Bonchev–Trinajstić information content (AvgIpc) is 2.66. The van der Waals surface area contributed by atoms with Gasteiger partial charge in [-0.05, 0) is 42.8 Å². The molecule has 0 atom stereocenters. The van der Waals surface area contributed by atoms with Gasteiger partial charge >= 0.3 is 0 Å². The molecule has 1 amide bonds. The van der Waals surface area contributed by atoms with E-state index in [1.165, 1.54) is 0 Å². The molecule has 140 valence electrons. The molecule has 0 heterocycles. The highest BCUT2D eigenvalue weighted by atomic mass is 16.5. The van der Waals surface area contributed by atoms with Gasteiger partial charge in [-0.25, -0.2) is 0 Å². The smallest absolute Gasteiger partial charge is 0.243 e. The van der Waals surface area contributed by atoms with Crippen molar-refractivity contribution < 1.29 is 19.0 Å². The zero-order valence-corrected chi connectivity index (χ0v) is 15.3. The van der Waals surface area contributed by atoms with Crippen LogP contribution in [0.25, 0.3) is 0 Å². The number of anilines is 2. The van der Waals surface area contributed by atoms with E-state index in [9.17, 15) is 4.79 Å². The van der Waals surface area contributed by atoms with Gasteiger partial charge in [-0.2, -0.15) is 0 Å². The van der Waals surface area contributed by atoms with Crippen LogP contribution < -0.4 is 20.1 Å². The Balaban J connectivity index is 1.77. The zero-order chi connectivity index (χ0) is 18.6. The van der Waals surface area contributed by atoms with Crippen LogP contribution in [0.1, 0.15) is 13.3 Å². The van der Waals surface area contributed by atoms with Crippen LogP contribution in [0.2, 0.25) is 0 Å². The first-order chi connectivity index (χ1) is 12.7. The predicted octanol–water partition coefficient (Wildman–Crippen LogP) is 3.55. The molecule has 0 unspecified atom stereocenters. The Bertz CT molecular complexity index is 674. The van der Waals surface area contributed by atoms with Gasteiger partial charge in [0.15, 0.2) is 0 Å². The zero-order valence-electron chi connectivity index (χ0n) is 15.3. The lowest BCUT2D eigenvalue weighted by Gasteiger charge is -2.10. The van der Waals surface area contributed by atoms with Gasteiger partial charge in [-0.15, -0.1) is 0 Å². The third kappa shape index (κ3) is 7.03. The summed E-state index contributed by atoms with van der Waals surface area (Å²) in [6.45, 7) is 3.93. The summed E-state index contributed by atoms with van der Waals surface area (Å²) in [7, 11) is 1.63. The third-order valence-electron chi connectivity index (χ3n) is 3.45. The first kappa shape index (κ1) is 19.6. The standard InChI is InChI=1S/C20H26N2O4/c1-3-11-25-19-6-4-5-17(14-19)22-20(23)15-21-16-7-9-18(10-8-16)26-13-12-24-2/h4-10,14,21H,3,11-13,15H2,1-2H3,(H,22,23).